The average molecular weight is 306 g/mol. The summed E-state index contributed by atoms with van der Waals surface area (Å²) in [6, 6.07) is 3.74. The monoisotopic (exact) mass is 305 g/mol. The summed E-state index contributed by atoms with van der Waals surface area (Å²) in [4.78, 5) is 9.19. The molecule has 21 heavy (non-hydrogen) atoms. The lowest BCUT2D eigenvalue weighted by Crippen LogP contribution is -2.36. The van der Waals surface area contributed by atoms with Gasteiger partial charge in [0.1, 0.15) is 11.5 Å². The molecule has 112 valence electrons. The molecule has 4 nitrogen and oxygen atoms in total. The van der Waals surface area contributed by atoms with E-state index < -0.39 is 0 Å². The molecule has 0 spiro atoms. The summed E-state index contributed by atoms with van der Waals surface area (Å²) < 4.78 is 5.37. The Hall–Kier alpha value is -1.28. The van der Waals surface area contributed by atoms with Gasteiger partial charge in [0.2, 0.25) is 0 Å². The topological polar surface area (TPSA) is 28.6 Å². The fraction of sp³-hybridized carbons (Fsp3) is 0.562. The van der Waals surface area contributed by atoms with Crippen LogP contribution in [0.25, 0.3) is 0 Å². The number of pyridine rings is 1. The third-order valence-corrected chi connectivity index (χ3v) is 4.05. The van der Waals surface area contributed by atoms with E-state index in [0.717, 1.165) is 57.4 Å². The van der Waals surface area contributed by atoms with E-state index in [1.54, 1.807) is 0 Å². The highest BCUT2D eigenvalue weighted by Crippen LogP contribution is 2.19. The third-order valence-electron chi connectivity index (χ3n) is 3.83. The van der Waals surface area contributed by atoms with Gasteiger partial charge in [0, 0.05) is 18.1 Å². The van der Waals surface area contributed by atoms with Crippen molar-refractivity contribution >= 4 is 17.4 Å². The van der Waals surface area contributed by atoms with E-state index in [2.05, 4.69) is 26.6 Å². The van der Waals surface area contributed by atoms with Gasteiger partial charge in [0.15, 0.2) is 0 Å². The van der Waals surface area contributed by atoms with Crippen LogP contribution in [0, 0.1) is 11.8 Å². The SMILES string of the molecule is Clc1cc(C#CCN2CCCC2)nc(N2CCOCC2)c1. The van der Waals surface area contributed by atoms with Crippen molar-refractivity contribution in [3.63, 3.8) is 0 Å². The highest BCUT2D eigenvalue weighted by atomic mass is 35.5. The van der Waals surface area contributed by atoms with Gasteiger partial charge in [-0.3, -0.25) is 4.90 Å². The average Bonchev–Trinajstić information content (AvgIpc) is 3.01. The second kappa shape index (κ2) is 7.13. The van der Waals surface area contributed by atoms with E-state index in [4.69, 9.17) is 16.3 Å². The third kappa shape index (κ3) is 4.10. The van der Waals surface area contributed by atoms with Crippen LogP contribution in [0.1, 0.15) is 18.5 Å². The Morgan fingerprint density at radius 1 is 1.14 bits per heavy atom. The summed E-state index contributed by atoms with van der Waals surface area (Å²) in [5.74, 6) is 7.26. The zero-order valence-corrected chi connectivity index (χ0v) is 12.9. The van der Waals surface area contributed by atoms with Crippen molar-refractivity contribution in [2.45, 2.75) is 12.8 Å². The molecule has 1 aromatic rings. The zero-order chi connectivity index (χ0) is 14.5. The number of aromatic nitrogens is 1. The minimum Gasteiger partial charge on any atom is -0.378 e. The number of halogens is 1. The summed E-state index contributed by atoms with van der Waals surface area (Å²) in [6.07, 6.45) is 2.58. The number of morpholine rings is 1. The van der Waals surface area contributed by atoms with E-state index >= 15 is 0 Å². The number of hydrogen-bond donors (Lipinski definition) is 0. The summed E-state index contributed by atoms with van der Waals surface area (Å²) in [7, 11) is 0. The van der Waals surface area contributed by atoms with Crippen LogP contribution in [0.15, 0.2) is 12.1 Å². The maximum absolute atomic E-state index is 6.20. The molecule has 0 radical (unpaired) electrons. The molecule has 0 N–H and O–H groups in total. The number of nitrogens with zero attached hydrogens (tertiary/aromatic N) is 3. The molecular weight excluding hydrogens is 286 g/mol. The van der Waals surface area contributed by atoms with Crippen molar-refractivity contribution in [1.29, 1.82) is 0 Å². The molecule has 0 bridgehead atoms. The Morgan fingerprint density at radius 2 is 1.90 bits per heavy atom. The van der Waals surface area contributed by atoms with E-state index in [1.807, 2.05) is 12.1 Å². The van der Waals surface area contributed by atoms with Crippen LogP contribution in [-0.2, 0) is 4.74 Å². The van der Waals surface area contributed by atoms with Gasteiger partial charge < -0.3 is 9.64 Å². The number of anilines is 1. The fourth-order valence-electron chi connectivity index (χ4n) is 2.68. The van der Waals surface area contributed by atoms with Crippen LogP contribution >= 0.6 is 11.6 Å². The van der Waals surface area contributed by atoms with E-state index in [0.29, 0.717) is 5.02 Å². The molecule has 0 aliphatic carbocycles. The van der Waals surface area contributed by atoms with Crippen LogP contribution in [0.5, 0.6) is 0 Å². The van der Waals surface area contributed by atoms with Crippen molar-refractivity contribution in [2.75, 3.05) is 50.8 Å². The first kappa shape index (κ1) is 14.6. The van der Waals surface area contributed by atoms with Gasteiger partial charge in [0.05, 0.1) is 19.8 Å². The number of likely N-dealkylation sites (tertiary alicyclic amines) is 1. The van der Waals surface area contributed by atoms with Crippen LogP contribution in [0.3, 0.4) is 0 Å². The molecule has 0 unspecified atom stereocenters. The summed E-state index contributed by atoms with van der Waals surface area (Å²) >= 11 is 6.20. The quantitative estimate of drug-likeness (QED) is 0.782. The van der Waals surface area contributed by atoms with Crippen molar-refractivity contribution < 1.29 is 4.74 Å². The standard InChI is InChI=1S/C16H20ClN3O/c17-14-12-15(4-3-7-19-5-1-2-6-19)18-16(13-14)20-8-10-21-11-9-20/h12-13H,1-2,5-11H2. The lowest BCUT2D eigenvalue weighted by atomic mass is 10.3. The molecule has 0 aromatic carbocycles. The van der Waals surface area contributed by atoms with Gasteiger partial charge in [-0.05, 0) is 44.0 Å². The van der Waals surface area contributed by atoms with Gasteiger partial charge in [0.25, 0.3) is 0 Å². The first-order chi connectivity index (χ1) is 10.3. The summed E-state index contributed by atoms with van der Waals surface area (Å²) in [5.41, 5.74) is 0.753. The van der Waals surface area contributed by atoms with E-state index in [9.17, 15) is 0 Å². The van der Waals surface area contributed by atoms with E-state index in [1.165, 1.54) is 12.8 Å². The van der Waals surface area contributed by atoms with Crippen LogP contribution < -0.4 is 4.90 Å². The smallest absolute Gasteiger partial charge is 0.131 e. The molecule has 2 aliphatic heterocycles. The molecule has 2 saturated heterocycles. The molecule has 2 fully saturated rings. The van der Waals surface area contributed by atoms with E-state index in [-0.39, 0.29) is 0 Å². The predicted molar refractivity (Wildman–Crippen MR) is 84.8 cm³/mol. The lowest BCUT2D eigenvalue weighted by molar-refractivity contribution is 0.122. The van der Waals surface area contributed by atoms with Gasteiger partial charge in [-0.2, -0.15) is 0 Å². The second-order valence-electron chi connectivity index (χ2n) is 5.41. The highest BCUT2D eigenvalue weighted by molar-refractivity contribution is 6.30. The molecule has 3 heterocycles. The fourth-order valence-corrected chi connectivity index (χ4v) is 2.89. The molecule has 3 rings (SSSR count). The minimum absolute atomic E-state index is 0.692. The largest absolute Gasteiger partial charge is 0.378 e. The van der Waals surface area contributed by atoms with Gasteiger partial charge in [-0.15, -0.1) is 0 Å². The van der Waals surface area contributed by atoms with Crippen LogP contribution in [0.4, 0.5) is 5.82 Å². The normalized spacial score (nSPS) is 19.4. The Morgan fingerprint density at radius 3 is 2.67 bits per heavy atom. The lowest BCUT2D eigenvalue weighted by Gasteiger charge is -2.27. The molecule has 0 saturated carbocycles. The molecule has 2 aliphatic rings. The van der Waals surface area contributed by atoms with Crippen molar-refractivity contribution in [3.8, 4) is 11.8 Å². The Kier molecular flexibility index (Phi) is 4.97. The van der Waals surface area contributed by atoms with Crippen molar-refractivity contribution in [1.82, 2.24) is 9.88 Å². The van der Waals surface area contributed by atoms with Gasteiger partial charge >= 0.3 is 0 Å². The molecule has 0 amide bonds. The predicted octanol–water partition coefficient (Wildman–Crippen LogP) is 2.02. The first-order valence-corrected chi connectivity index (χ1v) is 7.90. The number of hydrogen-bond acceptors (Lipinski definition) is 4. The molecule has 0 atom stereocenters. The maximum Gasteiger partial charge on any atom is 0.131 e. The van der Waals surface area contributed by atoms with Gasteiger partial charge in [-0.25, -0.2) is 4.98 Å². The van der Waals surface area contributed by atoms with Crippen molar-refractivity contribution in [3.05, 3.63) is 22.8 Å². The number of rotatable bonds is 2. The Labute approximate surface area is 131 Å². The minimum atomic E-state index is 0.692. The van der Waals surface area contributed by atoms with Crippen molar-refractivity contribution in [2.24, 2.45) is 0 Å². The summed E-state index contributed by atoms with van der Waals surface area (Å²) in [6.45, 7) is 6.34. The molecular formula is C16H20ClN3O. The Balaban J connectivity index is 1.69. The zero-order valence-electron chi connectivity index (χ0n) is 12.1. The summed E-state index contributed by atoms with van der Waals surface area (Å²) in [5, 5.41) is 0.692. The van der Waals surface area contributed by atoms with Gasteiger partial charge in [-0.1, -0.05) is 17.5 Å². The maximum atomic E-state index is 6.20. The number of ether oxygens (including phenoxy) is 1. The molecule has 5 heteroatoms. The van der Waals surface area contributed by atoms with Crippen LogP contribution in [0.2, 0.25) is 5.02 Å². The molecule has 1 aromatic heterocycles. The van der Waals surface area contributed by atoms with Crippen LogP contribution in [-0.4, -0.2) is 55.8 Å². The second-order valence-corrected chi connectivity index (χ2v) is 5.85. The Bertz CT molecular complexity index is 540. The first-order valence-electron chi connectivity index (χ1n) is 7.53. The highest BCUT2D eigenvalue weighted by Gasteiger charge is 2.13.